The van der Waals surface area contributed by atoms with E-state index in [2.05, 4.69) is 5.16 Å². The van der Waals surface area contributed by atoms with Crippen molar-refractivity contribution in [2.24, 2.45) is 0 Å². The molecule has 0 N–H and O–H groups in total. The van der Waals surface area contributed by atoms with Gasteiger partial charge in [0.25, 0.3) is 0 Å². The SMILES string of the molecule is Cc1cc(OC(C)C)on1. The lowest BCUT2D eigenvalue weighted by Crippen LogP contribution is -2.04. The van der Waals surface area contributed by atoms with Gasteiger partial charge in [-0.3, -0.25) is 0 Å². The van der Waals surface area contributed by atoms with Gasteiger partial charge in [0.1, 0.15) is 0 Å². The smallest absolute Gasteiger partial charge is 0.311 e. The summed E-state index contributed by atoms with van der Waals surface area (Å²) in [5.74, 6) is 0.493. The molecule has 0 bridgehead atoms. The van der Waals surface area contributed by atoms with Gasteiger partial charge in [0, 0.05) is 6.07 Å². The average Bonchev–Trinajstić information content (AvgIpc) is 2.13. The van der Waals surface area contributed by atoms with Gasteiger partial charge in [-0.05, 0) is 20.8 Å². The van der Waals surface area contributed by atoms with E-state index in [0.29, 0.717) is 5.95 Å². The van der Waals surface area contributed by atoms with E-state index in [1.54, 1.807) is 6.07 Å². The monoisotopic (exact) mass is 141 g/mol. The normalized spacial score (nSPS) is 10.4. The van der Waals surface area contributed by atoms with E-state index in [9.17, 15) is 0 Å². The summed E-state index contributed by atoms with van der Waals surface area (Å²) < 4.78 is 10.0. The summed E-state index contributed by atoms with van der Waals surface area (Å²) >= 11 is 0. The van der Waals surface area contributed by atoms with E-state index in [0.717, 1.165) is 5.69 Å². The molecule has 0 atom stereocenters. The van der Waals surface area contributed by atoms with Gasteiger partial charge in [0.2, 0.25) is 0 Å². The Balaban J connectivity index is 2.58. The molecule has 1 rings (SSSR count). The Morgan fingerprint density at radius 3 is 2.70 bits per heavy atom. The van der Waals surface area contributed by atoms with Gasteiger partial charge in [0.05, 0.1) is 11.8 Å². The molecule has 0 aliphatic heterocycles. The lowest BCUT2D eigenvalue weighted by Gasteiger charge is -2.02. The summed E-state index contributed by atoms with van der Waals surface area (Å²) in [5.41, 5.74) is 0.843. The molecule has 0 saturated carbocycles. The summed E-state index contributed by atoms with van der Waals surface area (Å²) in [4.78, 5) is 0. The van der Waals surface area contributed by atoms with Crippen LogP contribution in [0.5, 0.6) is 5.95 Å². The summed E-state index contributed by atoms with van der Waals surface area (Å²) in [6.07, 6.45) is 0.146. The molecule has 0 saturated heterocycles. The summed E-state index contributed by atoms with van der Waals surface area (Å²) in [5, 5.41) is 3.67. The molecule has 0 amide bonds. The van der Waals surface area contributed by atoms with E-state index < -0.39 is 0 Å². The Bertz CT molecular complexity index is 205. The van der Waals surface area contributed by atoms with Gasteiger partial charge in [0.15, 0.2) is 0 Å². The van der Waals surface area contributed by atoms with Crippen molar-refractivity contribution in [3.63, 3.8) is 0 Å². The van der Waals surface area contributed by atoms with Crippen LogP contribution in [-0.2, 0) is 0 Å². The first-order chi connectivity index (χ1) is 4.68. The molecule has 1 aromatic rings. The van der Waals surface area contributed by atoms with Gasteiger partial charge in [-0.2, -0.15) is 0 Å². The zero-order valence-corrected chi connectivity index (χ0v) is 6.42. The number of hydrogen-bond donors (Lipinski definition) is 0. The van der Waals surface area contributed by atoms with Crippen LogP contribution in [0.2, 0.25) is 0 Å². The van der Waals surface area contributed by atoms with Crippen molar-refractivity contribution >= 4 is 0 Å². The van der Waals surface area contributed by atoms with Gasteiger partial charge in [-0.25, -0.2) is 0 Å². The lowest BCUT2D eigenvalue weighted by molar-refractivity contribution is 0.166. The molecule has 1 aromatic heterocycles. The Hall–Kier alpha value is -0.990. The number of nitrogens with zero attached hydrogens (tertiary/aromatic N) is 1. The molecule has 56 valence electrons. The minimum Gasteiger partial charge on any atom is -0.461 e. The summed E-state index contributed by atoms with van der Waals surface area (Å²) in [7, 11) is 0. The van der Waals surface area contributed by atoms with Crippen molar-refractivity contribution in [1.29, 1.82) is 0 Å². The second-order valence-electron chi connectivity index (χ2n) is 2.45. The maximum absolute atomic E-state index is 5.21. The molecule has 0 aromatic carbocycles. The first-order valence-electron chi connectivity index (χ1n) is 3.28. The standard InChI is InChI=1S/C7H11NO2/c1-5(2)9-7-4-6(3)8-10-7/h4-5H,1-3H3. The zero-order valence-electron chi connectivity index (χ0n) is 6.42. The number of hydrogen-bond acceptors (Lipinski definition) is 3. The Morgan fingerprint density at radius 1 is 1.60 bits per heavy atom. The maximum atomic E-state index is 5.21. The van der Waals surface area contributed by atoms with Gasteiger partial charge in [-0.15, -0.1) is 0 Å². The van der Waals surface area contributed by atoms with Crippen LogP contribution >= 0.6 is 0 Å². The quantitative estimate of drug-likeness (QED) is 0.629. The predicted molar refractivity (Wildman–Crippen MR) is 37.0 cm³/mol. The van der Waals surface area contributed by atoms with Crippen molar-refractivity contribution in [3.05, 3.63) is 11.8 Å². The van der Waals surface area contributed by atoms with Gasteiger partial charge < -0.3 is 9.26 Å². The van der Waals surface area contributed by atoms with Crippen molar-refractivity contribution in [2.75, 3.05) is 0 Å². The fraction of sp³-hybridized carbons (Fsp3) is 0.571. The van der Waals surface area contributed by atoms with Crippen LogP contribution in [0.3, 0.4) is 0 Å². The fourth-order valence-electron chi connectivity index (χ4n) is 0.628. The number of ether oxygens (including phenoxy) is 1. The van der Waals surface area contributed by atoms with Gasteiger partial charge in [-0.1, -0.05) is 5.16 Å². The van der Waals surface area contributed by atoms with Crippen LogP contribution in [0.15, 0.2) is 10.6 Å². The average molecular weight is 141 g/mol. The van der Waals surface area contributed by atoms with Crippen molar-refractivity contribution in [2.45, 2.75) is 26.9 Å². The van der Waals surface area contributed by atoms with Crippen molar-refractivity contribution < 1.29 is 9.26 Å². The van der Waals surface area contributed by atoms with E-state index in [4.69, 9.17) is 9.26 Å². The highest BCUT2D eigenvalue weighted by atomic mass is 16.6. The zero-order chi connectivity index (χ0) is 7.56. The van der Waals surface area contributed by atoms with Crippen LogP contribution in [0.4, 0.5) is 0 Å². The molecule has 0 fully saturated rings. The fourth-order valence-corrected chi connectivity index (χ4v) is 0.628. The third-order valence-electron chi connectivity index (χ3n) is 0.958. The highest BCUT2D eigenvalue weighted by molar-refractivity contribution is 5.08. The first-order valence-corrected chi connectivity index (χ1v) is 3.28. The molecule has 0 unspecified atom stereocenters. The van der Waals surface area contributed by atoms with E-state index in [-0.39, 0.29) is 6.10 Å². The Kier molecular flexibility index (Phi) is 1.94. The molecule has 3 heteroatoms. The molecule has 0 aliphatic rings. The molecule has 3 nitrogen and oxygen atoms in total. The van der Waals surface area contributed by atoms with Crippen LogP contribution in [0.1, 0.15) is 19.5 Å². The number of aromatic nitrogens is 1. The third kappa shape index (κ3) is 1.76. The maximum Gasteiger partial charge on any atom is 0.311 e. The predicted octanol–water partition coefficient (Wildman–Crippen LogP) is 1.77. The molecule has 0 radical (unpaired) electrons. The highest BCUT2D eigenvalue weighted by Gasteiger charge is 2.01. The molecule has 10 heavy (non-hydrogen) atoms. The molecular formula is C7H11NO2. The summed E-state index contributed by atoms with van der Waals surface area (Å²) in [6, 6.07) is 1.76. The second-order valence-corrected chi connectivity index (χ2v) is 2.45. The van der Waals surface area contributed by atoms with E-state index in [1.165, 1.54) is 0 Å². The van der Waals surface area contributed by atoms with E-state index >= 15 is 0 Å². The van der Waals surface area contributed by atoms with Gasteiger partial charge >= 0.3 is 5.95 Å². The van der Waals surface area contributed by atoms with Crippen LogP contribution in [0, 0.1) is 6.92 Å². The lowest BCUT2D eigenvalue weighted by atomic mass is 10.4. The largest absolute Gasteiger partial charge is 0.461 e. The topological polar surface area (TPSA) is 35.3 Å². The second kappa shape index (κ2) is 2.73. The molecule has 0 aliphatic carbocycles. The summed E-state index contributed by atoms with van der Waals surface area (Å²) in [6.45, 7) is 5.74. The minimum atomic E-state index is 0.146. The van der Waals surface area contributed by atoms with E-state index in [1.807, 2.05) is 20.8 Å². The van der Waals surface area contributed by atoms with Crippen LogP contribution in [0.25, 0.3) is 0 Å². The highest BCUT2D eigenvalue weighted by Crippen LogP contribution is 2.12. The molecule has 1 heterocycles. The van der Waals surface area contributed by atoms with Crippen molar-refractivity contribution in [3.8, 4) is 5.95 Å². The Morgan fingerprint density at radius 2 is 2.30 bits per heavy atom. The third-order valence-corrected chi connectivity index (χ3v) is 0.958. The number of aryl methyl sites for hydroxylation is 1. The van der Waals surface area contributed by atoms with Crippen LogP contribution < -0.4 is 4.74 Å². The van der Waals surface area contributed by atoms with Crippen molar-refractivity contribution in [1.82, 2.24) is 5.16 Å². The van der Waals surface area contributed by atoms with Crippen LogP contribution in [-0.4, -0.2) is 11.3 Å². The molecule has 0 spiro atoms. The Labute approximate surface area is 60.0 Å². The molecular weight excluding hydrogens is 130 g/mol. The number of rotatable bonds is 2. The first kappa shape index (κ1) is 7.12. The minimum absolute atomic E-state index is 0.146.